The maximum atomic E-state index is 11.9. The van der Waals surface area contributed by atoms with Crippen molar-refractivity contribution in [3.05, 3.63) is 105 Å². The van der Waals surface area contributed by atoms with Gasteiger partial charge in [0.2, 0.25) is 0 Å². The molecular weight excluding hydrogens is 598 g/mol. The third-order valence-electron chi connectivity index (χ3n) is 5.56. The summed E-state index contributed by atoms with van der Waals surface area (Å²) in [6, 6.07) is 8.79. The third kappa shape index (κ3) is 12.9. The van der Waals surface area contributed by atoms with Gasteiger partial charge in [0.15, 0.2) is 0 Å². The normalized spacial score (nSPS) is 14.6. The molecule has 9 heteroatoms. The zero-order valence-corrected chi connectivity index (χ0v) is 25.2. The van der Waals surface area contributed by atoms with Crippen molar-refractivity contribution < 1.29 is 62.8 Å². The molecule has 39 heavy (non-hydrogen) atoms. The van der Waals surface area contributed by atoms with Gasteiger partial charge in [-0.15, -0.1) is 13.8 Å². The van der Waals surface area contributed by atoms with Crippen LogP contribution in [0.25, 0.3) is 0 Å². The molecule has 2 nitrogen and oxygen atoms in total. The van der Waals surface area contributed by atoms with Gasteiger partial charge in [-0.2, -0.15) is 37.5 Å². The number of halogens is 6. The molecule has 0 atom stereocenters. The Bertz CT molecular complexity index is 1120. The molecule has 2 aliphatic rings. The van der Waals surface area contributed by atoms with Gasteiger partial charge in [0, 0.05) is 0 Å². The predicted molar refractivity (Wildman–Crippen MR) is 137 cm³/mol. The minimum atomic E-state index is -4.47. The Morgan fingerprint density at radius 3 is 0.974 bits per heavy atom. The molecule has 2 N–H and O–H groups in total. The molecule has 0 bridgehead atoms. The van der Waals surface area contributed by atoms with E-state index >= 15 is 0 Å². The molecule has 0 spiro atoms. The smallest absolute Gasteiger partial charge is 0.507 e. The second-order valence-electron chi connectivity index (χ2n) is 9.00. The largest absolute Gasteiger partial charge is 2.00 e. The molecule has 0 heterocycles. The SMILES string of the molecule is CC1=[C-]C(C)=C(C)C1.CC1=[C-]C(C)=C(C)C1.Oc1ccccc1C(F)(F)F.Oc1ccccc1C(F)(F)F.[Zr+2]. The van der Waals surface area contributed by atoms with Crippen LogP contribution in [0.2, 0.25) is 0 Å². The molecule has 0 radical (unpaired) electrons. The Kier molecular flexibility index (Phi) is 14.9. The first-order valence-electron chi connectivity index (χ1n) is 11.7. The van der Waals surface area contributed by atoms with Crippen molar-refractivity contribution in [1.82, 2.24) is 0 Å². The van der Waals surface area contributed by atoms with Crippen molar-refractivity contribution in [1.29, 1.82) is 0 Å². The Morgan fingerprint density at radius 2 is 0.846 bits per heavy atom. The van der Waals surface area contributed by atoms with Gasteiger partial charge in [0.05, 0.1) is 11.1 Å². The molecular formula is C30H32F6O2Zr. The van der Waals surface area contributed by atoms with Gasteiger partial charge in [0.25, 0.3) is 0 Å². The molecule has 2 aromatic carbocycles. The van der Waals surface area contributed by atoms with Crippen molar-refractivity contribution in [2.24, 2.45) is 0 Å². The van der Waals surface area contributed by atoms with E-state index in [9.17, 15) is 26.3 Å². The number of phenols is 2. The fourth-order valence-corrected chi connectivity index (χ4v) is 3.43. The predicted octanol–water partition coefficient (Wildman–Crippen LogP) is 9.77. The summed E-state index contributed by atoms with van der Waals surface area (Å²) in [4.78, 5) is 0. The standard InChI is InChI=1S/2C8H11.2C7H5F3O.Zr/c2*1-6-4-7(2)8(3)5-6;2*8-7(9,10)5-3-1-2-4-6(5)11;/h2*4H2,1-3H3;2*1-4,11H;/q2*-1;;;+2. The van der Waals surface area contributed by atoms with E-state index in [0.717, 1.165) is 37.1 Å². The molecule has 0 aromatic heterocycles. The summed E-state index contributed by atoms with van der Waals surface area (Å²) in [5.74, 6) is -1.47. The van der Waals surface area contributed by atoms with Crippen molar-refractivity contribution in [2.75, 3.05) is 0 Å². The van der Waals surface area contributed by atoms with Crippen molar-refractivity contribution in [2.45, 2.75) is 66.7 Å². The second kappa shape index (κ2) is 15.9. The first-order valence-corrected chi connectivity index (χ1v) is 11.7. The summed E-state index contributed by atoms with van der Waals surface area (Å²) in [5, 5.41) is 17.5. The van der Waals surface area contributed by atoms with E-state index < -0.39 is 35.0 Å². The van der Waals surface area contributed by atoms with E-state index in [0.29, 0.717) is 0 Å². The first-order chi connectivity index (χ1) is 17.4. The molecule has 0 fully saturated rings. The van der Waals surface area contributed by atoms with Crippen LogP contribution < -0.4 is 0 Å². The molecule has 2 aromatic rings. The number of alkyl halides is 6. The molecule has 0 saturated carbocycles. The van der Waals surface area contributed by atoms with Crippen LogP contribution in [-0.4, -0.2) is 10.2 Å². The van der Waals surface area contributed by atoms with Crippen LogP contribution in [0.5, 0.6) is 11.5 Å². The van der Waals surface area contributed by atoms with Gasteiger partial charge < -0.3 is 10.2 Å². The van der Waals surface area contributed by atoms with E-state index in [1.54, 1.807) is 0 Å². The number of aromatic hydroxyl groups is 2. The van der Waals surface area contributed by atoms with E-state index in [-0.39, 0.29) is 26.2 Å². The van der Waals surface area contributed by atoms with Crippen LogP contribution in [0.3, 0.4) is 0 Å². The van der Waals surface area contributed by atoms with Gasteiger partial charge >= 0.3 is 38.6 Å². The average molecular weight is 630 g/mol. The number of hydrogen-bond acceptors (Lipinski definition) is 2. The maximum Gasteiger partial charge on any atom is 2.00 e. The van der Waals surface area contributed by atoms with Crippen molar-refractivity contribution >= 4 is 0 Å². The Hall–Kier alpha value is -2.54. The summed E-state index contributed by atoms with van der Waals surface area (Å²) in [7, 11) is 0. The summed E-state index contributed by atoms with van der Waals surface area (Å²) in [5.41, 5.74) is 6.37. The monoisotopic (exact) mass is 628 g/mol. The molecule has 4 rings (SSSR count). The number of benzene rings is 2. The number of rotatable bonds is 0. The zero-order valence-electron chi connectivity index (χ0n) is 22.7. The van der Waals surface area contributed by atoms with Gasteiger partial charge in [-0.1, -0.05) is 64.8 Å². The number of allylic oxidation sites excluding steroid dienone is 8. The first kappa shape index (κ1) is 36.5. The zero-order chi connectivity index (χ0) is 29.3. The number of phenolic OH excluding ortho intramolecular Hbond substituents is 2. The van der Waals surface area contributed by atoms with Gasteiger partial charge in [0.1, 0.15) is 11.5 Å². The van der Waals surface area contributed by atoms with E-state index in [4.69, 9.17) is 10.2 Å². The Balaban J connectivity index is 0.000000495. The van der Waals surface area contributed by atoms with Crippen LogP contribution in [0.15, 0.2) is 82.0 Å². The van der Waals surface area contributed by atoms with E-state index in [1.807, 2.05) is 0 Å². The third-order valence-corrected chi connectivity index (χ3v) is 5.56. The summed E-state index contributed by atoms with van der Waals surface area (Å²) >= 11 is 0. The molecule has 0 amide bonds. The number of para-hydroxylation sites is 2. The van der Waals surface area contributed by atoms with Crippen LogP contribution in [0.4, 0.5) is 26.3 Å². The van der Waals surface area contributed by atoms with E-state index in [1.165, 1.54) is 57.7 Å². The van der Waals surface area contributed by atoms with Crippen LogP contribution in [0.1, 0.15) is 65.5 Å². The van der Waals surface area contributed by atoms with Crippen LogP contribution in [-0.2, 0) is 38.6 Å². The van der Waals surface area contributed by atoms with Crippen molar-refractivity contribution in [3.63, 3.8) is 0 Å². The van der Waals surface area contributed by atoms with Gasteiger partial charge in [-0.25, -0.2) is 34.4 Å². The maximum absolute atomic E-state index is 11.9. The summed E-state index contributed by atoms with van der Waals surface area (Å²) in [6.45, 7) is 12.8. The van der Waals surface area contributed by atoms with E-state index in [2.05, 4.69) is 53.7 Å². The quantitative estimate of drug-likeness (QED) is 0.225. The fourth-order valence-electron chi connectivity index (χ4n) is 3.43. The van der Waals surface area contributed by atoms with Crippen LogP contribution in [0, 0.1) is 12.2 Å². The van der Waals surface area contributed by atoms with Gasteiger partial charge in [-0.3, -0.25) is 0 Å². The molecule has 0 aliphatic heterocycles. The average Bonchev–Trinajstić information content (AvgIpc) is 3.25. The minimum absolute atomic E-state index is 0. The summed E-state index contributed by atoms with van der Waals surface area (Å²) in [6.07, 6.45) is -0.119. The van der Waals surface area contributed by atoms with Crippen molar-refractivity contribution in [3.8, 4) is 11.5 Å². The second-order valence-corrected chi connectivity index (χ2v) is 9.00. The molecule has 0 saturated heterocycles. The van der Waals surface area contributed by atoms with Crippen LogP contribution >= 0.6 is 0 Å². The summed E-state index contributed by atoms with van der Waals surface area (Å²) < 4.78 is 71.3. The Morgan fingerprint density at radius 1 is 0.564 bits per heavy atom. The topological polar surface area (TPSA) is 40.5 Å². The number of hydrogen-bond donors (Lipinski definition) is 2. The fraction of sp³-hybridized carbons (Fsp3) is 0.333. The Labute approximate surface area is 245 Å². The molecule has 0 unspecified atom stereocenters. The minimum Gasteiger partial charge on any atom is -0.507 e. The molecule has 210 valence electrons. The van der Waals surface area contributed by atoms with Gasteiger partial charge in [-0.05, 0) is 24.3 Å². The molecule has 2 aliphatic carbocycles.